The number of hydrogen-bond acceptors (Lipinski definition) is 1. The van der Waals surface area contributed by atoms with Gasteiger partial charge >= 0.3 is 0 Å². The van der Waals surface area contributed by atoms with Gasteiger partial charge in [0.05, 0.1) is 6.61 Å². The molecule has 0 unspecified atom stereocenters. The molecule has 0 aromatic heterocycles. The van der Waals surface area contributed by atoms with Gasteiger partial charge in [0, 0.05) is 0 Å². The summed E-state index contributed by atoms with van der Waals surface area (Å²) in [5.74, 6) is 1.02. The molecule has 0 fully saturated rings. The molecule has 0 atom stereocenters. The van der Waals surface area contributed by atoms with E-state index in [9.17, 15) is 0 Å². The summed E-state index contributed by atoms with van der Waals surface area (Å²) in [4.78, 5) is 0. The largest absolute Gasteiger partial charge is 0.493 e. The summed E-state index contributed by atoms with van der Waals surface area (Å²) >= 11 is 0. The van der Waals surface area contributed by atoms with Crippen LogP contribution in [0.1, 0.15) is 32.3 Å². The van der Waals surface area contributed by atoms with Gasteiger partial charge in [0.1, 0.15) is 5.75 Å². The van der Waals surface area contributed by atoms with E-state index in [-0.39, 0.29) is 0 Å². The number of ether oxygens (including phenoxy) is 1. The van der Waals surface area contributed by atoms with Crippen LogP contribution < -0.4 is 4.74 Å². The summed E-state index contributed by atoms with van der Waals surface area (Å²) in [6.07, 6.45) is 3.32. The lowest BCUT2D eigenvalue weighted by atomic mass is 10.1. The van der Waals surface area contributed by atoms with Crippen molar-refractivity contribution in [3.05, 3.63) is 29.8 Å². The van der Waals surface area contributed by atoms with Gasteiger partial charge in [-0.2, -0.15) is 0 Å². The number of rotatable bonds is 5. The third-order valence-electron chi connectivity index (χ3n) is 2.04. The summed E-state index contributed by atoms with van der Waals surface area (Å²) in [6.45, 7) is 5.13. The Morgan fingerprint density at radius 3 is 2.92 bits per heavy atom. The molecule has 0 bridgehead atoms. The van der Waals surface area contributed by atoms with Crippen LogP contribution in [0.5, 0.6) is 5.75 Å². The van der Waals surface area contributed by atoms with Crippen LogP contribution in [0.25, 0.3) is 0 Å². The zero-order valence-corrected chi connectivity index (χ0v) is 8.47. The average Bonchev–Trinajstić information content (AvgIpc) is 2.19. The molecular weight excluding hydrogens is 160 g/mol. The van der Waals surface area contributed by atoms with Gasteiger partial charge in [-0.1, -0.05) is 26.3 Å². The van der Waals surface area contributed by atoms with E-state index >= 15 is 0 Å². The SMILES string of the molecule is CCCCOc1cc[c]cc1CC. The topological polar surface area (TPSA) is 9.23 Å². The van der Waals surface area contributed by atoms with E-state index in [0.29, 0.717) is 0 Å². The predicted molar refractivity (Wildman–Crippen MR) is 55.1 cm³/mol. The van der Waals surface area contributed by atoms with Crippen molar-refractivity contribution in [1.29, 1.82) is 0 Å². The molecule has 0 amide bonds. The smallest absolute Gasteiger partial charge is 0.122 e. The van der Waals surface area contributed by atoms with Crippen LogP contribution in [-0.4, -0.2) is 6.61 Å². The first kappa shape index (κ1) is 10.1. The van der Waals surface area contributed by atoms with E-state index in [0.717, 1.165) is 25.2 Å². The van der Waals surface area contributed by atoms with Gasteiger partial charge in [0.15, 0.2) is 0 Å². The Morgan fingerprint density at radius 2 is 2.23 bits per heavy atom. The molecule has 0 saturated carbocycles. The van der Waals surface area contributed by atoms with Crippen molar-refractivity contribution in [1.82, 2.24) is 0 Å². The molecule has 0 saturated heterocycles. The minimum Gasteiger partial charge on any atom is -0.493 e. The van der Waals surface area contributed by atoms with Crippen LogP contribution in [0.2, 0.25) is 0 Å². The van der Waals surface area contributed by atoms with Crippen molar-refractivity contribution in [3.8, 4) is 5.75 Å². The Balaban J connectivity index is 2.54. The molecule has 0 heterocycles. The molecule has 0 aliphatic heterocycles. The Bertz CT molecular complexity index is 243. The normalized spacial score (nSPS) is 10.0. The van der Waals surface area contributed by atoms with Gasteiger partial charge in [-0.3, -0.25) is 0 Å². The van der Waals surface area contributed by atoms with Crippen molar-refractivity contribution in [2.24, 2.45) is 0 Å². The first-order chi connectivity index (χ1) is 6.38. The quantitative estimate of drug-likeness (QED) is 0.627. The second-order valence-corrected chi connectivity index (χ2v) is 3.09. The minimum absolute atomic E-state index is 0.827. The fourth-order valence-electron chi connectivity index (χ4n) is 1.19. The lowest BCUT2D eigenvalue weighted by Crippen LogP contribution is -1.98. The lowest BCUT2D eigenvalue weighted by Gasteiger charge is -2.08. The fraction of sp³-hybridized carbons (Fsp3) is 0.500. The standard InChI is InChI=1S/C12H17O/c1-3-5-10-13-12-9-7-6-8-11(12)4-2/h7-9H,3-5,10H2,1-2H3. The molecule has 0 spiro atoms. The van der Waals surface area contributed by atoms with Crippen LogP contribution >= 0.6 is 0 Å². The minimum atomic E-state index is 0.827. The van der Waals surface area contributed by atoms with E-state index in [1.165, 1.54) is 12.0 Å². The van der Waals surface area contributed by atoms with Crippen LogP contribution in [0.3, 0.4) is 0 Å². The second-order valence-electron chi connectivity index (χ2n) is 3.09. The predicted octanol–water partition coefficient (Wildman–Crippen LogP) is 3.23. The molecule has 1 rings (SSSR count). The number of benzene rings is 1. The molecule has 0 aliphatic carbocycles. The molecule has 1 aromatic carbocycles. The Morgan fingerprint density at radius 1 is 1.38 bits per heavy atom. The molecule has 1 aromatic rings. The number of unbranched alkanes of at least 4 members (excludes halogenated alkanes) is 1. The van der Waals surface area contributed by atoms with Crippen molar-refractivity contribution in [2.75, 3.05) is 6.61 Å². The molecule has 1 heteroatoms. The van der Waals surface area contributed by atoms with Gasteiger partial charge < -0.3 is 4.74 Å². The van der Waals surface area contributed by atoms with Crippen molar-refractivity contribution in [2.45, 2.75) is 33.1 Å². The van der Waals surface area contributed by atoms with Crippen LogP contribution in [0, 0.1) is 6.07 Å². The Hall–Kier alpha value is -0.980. The molecule has 1 nitrogen and oxygen atoms in total. The summed E-state index contributed by atoms with van der Waals surface area (Å²) in [7, 11) is 0. The van der Waals surface area contributed by atoms with E-state index < -0.39 is 0 Å². The lowest BCUT2D eigenvalue weighted by molar-refractivity contribution is 0.306. The summed E-state index contributed by atoms with van der Waals surface area (Å²) in [5.41, 5.74) is 1.25. The highest BCUT2D eigenvalue weighted by molar-refractivity contribution is 5.32. The van der Waals surface area contributed by atoms with Crippen LogP contribution in [0.4, 0.5) is 0 Å². The van der Waals surface area contributed by atoms with E-state index in [2.05, 4.69) is 19.9 Å². The van der Waals surface area contributed by atoms with Gasteiger partial charge in [-0.15, -0.1) is 0 Å². The molecule has 0 N–H and O–H groups in total. The van der Waals surface area contributed by atoms with Crippen LogP contribution in [0.15, 0.2) is 18.2 Å². The maximum absolute atomic E-state index is 5.65. The number of hydrogen-bond donors (Lipinski definition) is 0. The highest BCUT2D eigenvalue weighted by atomic mass is 16.5. The maximum Gasteiger partial charge on any atom is 0.122 e. The summed E-state index contributed by atoms with van der Waals surface area (Å²) in [6, 6.07) is 8.96. The highest BCUT2D eigenvalue weighted by Gasteiger charge is 1.99. The molecular formula is C12H17O. The van der Waals surface area contributed by atoms with E-state index in [1.54, 1.807) is 0 Å². The van der Waals surface area contributed by atoms with Crippen LogP contribution in [-0.2, 0) is 6.42 Å². The van der Waals surface area contributed by atoms with E-state index in [4.69, 9.17) is 4.74 Å². The van der Waals surface area contributed by atoms with Crippen molar-refractivity contribution >= 4 is 0 Å². The zero-order chi connectivity index (χ0) is 9.52. The molecule has 71 valence electrons. The molecule has 1 radical (unpaired) electrons. The van der Waals surface area contributed by atoms with Gasteiger partial charge in [-0.25, -0.2) is 0 Å². The first-order valence-corrected chi connectivity index (χ1v) is 5.00. The third-order valence-corrected chi connectivity index (χ3v) is 2.04. The highest BCUT2D eigenvalue weighted by Crippen LogP contribution is 2.18. The maximum atomic E-state index is 5.65. The second kappa shape index (κ2) is 5.63. The third kappa shape index (κ3) is 3.10. The molecule has 0 aliphatic rings. The molecule has 13 heavy (non-hydrogen) atoms. The first-order valence-electron chi connectivity index (χ1n) is 5.00. The van der Waals surface area contributed by atoms with E-state index in [1.807, 2.05) is 18.2 Å². The fourth-order valence-corrected chi connectivity index (χ4v) is 1.19. The van der Waals surface area contributed by atoms with Crippen molar-refractivity contribution < 1.29 is 4.74 Å². The monoisotopic (exact) mass is 177 g/mol. The summed E-state index contributed by atoms with van der Waals surface area (Å²) < 4.78 is 5.65. The van der Waals surface area contributed by atoms with Gasteiger partial charge in [-0.05, 0) is 36.6 Å². The summed E-state index contributed by atoms with van der Waals surface area (Å²) in [5, 5.41) is 0. The van der Waals surface area contributed by atoms with Gasteiger partial charge in [0.25, 0.3) is 0 Å². The Kier molecular flexibility index (Phi) is 4.37. The number of aryl methyl sites for hydroxylation is 1. The average molecular weight is 177 g/mol. The zero-order valence-electron chi connectivity index (χ0n) is 8.47. The van der Waals surface area contributed by atoms with Gasteiger partial charge in [0.2, 0.25) is 0 Å². The van der Waals surface area contributed by atoms with Crippen molar-refractivity contribution in [3.63, 3.8) is 0 Å². The Labute approximate surface area is 80.7 Å².